The summed E-state index contributed by atoms with van der Waals surface area (Å²) in [6, 6.07) is 14.9. The van der Waals surface area contributed by atoms with E-state index in [1.807, 2.05) is 50.2 Å². The third-order valence-corrected chi connectivity index (χ3v) is 7.12. The zero-order chi connectivity index (χ0) is 22.8. The number of ether oxygens (including phenoxy) is 1. The smallest absolute Gasteiger partial charge is 0.259 e. The Balaban J connectivity index is 1.54. The highest BCUT2D eigenvalue weighted by Crippen LogP contribution is 2.48. The fraction of sp³-hybridized carbons (Fsp3) is 0.280. The third kappa shape index (κ3) is 4.52. The molecule has 2 amide bonds. The summed E-state index contributed by atoms with van der Waals surface area (Å²) < 4.78 is 5.35. The van der Waals surface area contributed by atoms with E-state index in [4.69, 9.17) is 16.3 Å². The van der Waals surface area contributed by atoms with E-state index in [9.17, 15) is 9.59 Å². The maximum atomic E-state index is 13.3. The van der Waals surface area contributed by atoms with Crippen molar-refractivity contribution in [2.75, 3.05) is 17.7 Å². The SMILES string of the molecule is CCc1c(C)sc(NC(=O)C2CC2c2ccc(Cl)cc2)c1C(=O)Nc1ccccc1OC. The lowest BCUT2D eigenvalue weighted by Crippen LogP contribution is -2.19. The number of benzene rings is 2. The summed E-state index contributed by atoms with van der Waals surface area (Å²) in [5.74, 6) is 0.357. The molecule has 0 radical (unpaired) electrons. The van der Waals surface area contributed by atoms with E-state index in [1.54, 1.807) is 19.2 Å². The van der Waals surface area contributed by atoms with Gasteiger partial charge in [-0.05, 0) is 61.1 Å². The average molecular weight is 469 g/mol. The number of halogens is 1. The molecule has 3 aromatic rings. The van der Waals surface area contributed by atoms with Crippen molar-refractivity contribution in [2.45, 2.75) is 32.6 Å². The van der Waals surface area contributed by atoms with Gasteiger partial charge in [0.15, 0.2) is 0 Å². The molecule has 2 atom stereocenters. The number of thiophene rings is 1. The first-order valence-electron chi connectivity index (χ1n) is 10.6. The fourth-order valence-electron chi connectivity index (χ4n) is 4.03. The number of carbonyl (C=O) groups is 2. The molecule has 32 heavy (non-hydrogen) atoms. The van der Waals surface area contributed by atoms with Crippen LogP contribution in [-0.4, -0.2) is 18.9 Å². The Morgan fingerprint density at radius 1 is 1.12 bits per heavy atom. The van der Waals surface area contributed by atoms with Crippen molar-refractivity contribution in [3.8, 4) is 5.75 Å². The molecule has 1 aliphatic carbocycles. The van der Waals surface area contributed by atoms with Gasteiger partial charge >= 0.3 is 0 Å². The number of hydrogen-bond acceptors (Lipinski definition) is 4. The molecule has 2 N–H and O–H groups in total. The molecule has 0 bridgehead atoms. The monoisotopic (exact) mass is 468 g/mol. The minimum atomic E-state index is -0.254. The van der Waals surface area contributed by atoms with Crippen molar-refractivity contribution >= 4 is 45.4 Å². The number of para-hydroxylation sites is 2. The molecule has 2 unspecified atom stereocenters. The van der Waals surface area contributed by atoms with Crippen molar-refractivity contribution < 1.29 is 14.3 Å². The molecule has 5 nitrogen and oxygen atoms in total. The summed E-state index contributed by atoms with van der Waals surface area (Å²) in [6.07, 6.45) is 1.49. The molecule has 1 heterocycles. The van der Waals surface area contributed by atoms with Gasteiger partial charge in [0.25, 0.3) is 5.91 Å². The van der Waals surface area contributed by atoms with E-state index in [1.165, 1.54) is 11.3 Å². The molecular weight excluding hydrogens is 444 g/mol. The Morgan fingerprint density at radius 2 is 1.84 bits per heavy atom. The number of nitrogens with one attached hydrogen (secondary N) is 2. The van der Waals surface area contributed by atoms with Gasteiger partial charge in [0, 0.05) is 15.8 Å². The van der Waals surface area contributed by atoms with E-state index in [-0.39, 0.29) is 23.7 Å². The van der Waals surface area contributed by atoms with Gasteiger partial charge in [-0.25, -0.2) is 0 Å². The van der Waals surface area contributed by atoms with Crippen LogP contribution < -0.4 is 15.4 Å². The van der Waals surface area contributed by atoms with E-state index in [2.05, 4.69) is 10.6 Å². The van der Waals surface area contributed by atoms with Gasteiger partial charge in [-0.2, -0.15) is 0 Å². The molecule has 4 rings (SSSR count). The molecule has 0 saturated heterocycles. The highest BCUT2D eigenvalue weighted by atomic mass is 35.5. The zero-order valence-electron chi connectivity index (χ0n) is 18.2. The van der Waals surface area contributed by atoms with Gasteiger partial charge in [-0.15, -0.1) is 11.3 Å². The van der Waals surface area contributed by atoms with Crippen molar-refractivity contribution in [1.29, 1.82) is 0 Å². The lowest BCUT2D eigenvalue weighted by molar-refractivity contribution is -0.117. The third-order valence-electron chi connectivity index (χ3n) is 5.81. The Bertz CT molecular complexity index is 1160. The molecule has 166 valence electrons. The second kappa shape index (κ2) is 9.35. The Hall–Kier alpha value is -2.83. The summed E-state index contributed by atoms with van der Waals surface area (Å²) >= 11 is 7.42. The van der Waals surface area contributed by atoms with Crippen molar-refractivity contribution in [1.82, 2.24) is 0 Å². The Morgan fingerprint density at radius 3 is 2.53 bits per heavy atom. The van der Waals surface area contributed by atoms with Crippen molar-refractivity contribution in [3.05, 3.63) is 75.1 Å². The molecule has 0 aliphatic heterocycles. The topological polar surface area (TPSA) is 67.4 Å². The zero-order valence-corrected chi connectivity index (χ0v) is 19.8. The van der Waals surface area contributed by atoms with E-state index in [0.717, 1.165) is 22.4 Å². The van der Waals surface area contributed by atoms with Gasteiger partial charge in [0.2, 0.25) is 5.91 Å². The Kier molecular flexibility index (Phi) is 6.53. The van der Waals surface area contributed by atoms with Crippen molar-refractivity contribution in [3.63, 3.8) is 0 Å². The minimum absolute atomic E-state index is 0.0554. The fourth-order valence-corrected chi connectivity index (χ4v) is 5.30. The van der Waals surface area contributed by atoms with Crippen LogP contribution in [0.25, 0.3) is 0 Å². The van der Waals surface area contributed by atoms with Crippen LogP contribution in [0.2, 0.25) is 5.02 Å². The van der Waals surface area contributed by atoms with E-state index >= 15 is 0 Å². The number of methoxy groups -OCH3 is 1. The molecule has 0 spiro atoms. The predicted octanol–water partition coefficient (Wildman–Crippen LogP) is 6.28. The normalized spacial score (nSPS) is 17.0. The van der Waals surface area contributed by atoms with Crippen LogP contribution in [0.4, 0.5) is 10.7 Å². The highest BCUT2D eigenvalue weighted by molar-refractivity contribution is 7.16. The second-order valence-corrected chi connectivity index (χ2v) is 9.50. The first-order valence-corrected chi connectivity index (χ1v) is 11.7. The minimum Gasteiger partial charge on any atom is -0.495 e. The van der Waals surface area contributed by atoms with Gasteiger partial charge in [0.05, 0.1) is 18.4 Å². The maximum absolute atomic E-state index is 13.3. The van der Waals surface area contributed by atoms with Crippen molar-refractivity contribution in [2.24, 2.45) is 5.92 Å². The average Bonchev–Trinajstić information content (AvgIpc) is 3.52. The summed E-state index contributed by atoms with van der Waals surface area (Å²) in [4.78, 5) is 27.3. The van der Waals surface area contributed by atoms with Crippen LogP contribution in [-0.2, 0) is 11.2 Å². The van der Waals surface area contributed by atoms with Gasteiger partial charge < -0.3 is 15.4 Å². The van der Waals surface area contributed by atoms with Gasteiger partial charge in [0.1, 0.15) is 10.8 Å². The molecule has 1 fully saturated rings. The van der Waals surface area contributed by atoms with Gasteiger partial charge in [-0.1, -0.05) is 42.8 Å². The number of anilines is 2. The molecule has 1 aliphatic rings. The molecule has 7 heteroatoms. The standard InChI is InChI=1S/C25H25ClN2O3S/c1-4-17-14(2)32-25(22(17)24(30)27-20-7-5-6-8-21(20)31-3)28-23(29)19-13-18(19)15-9-11-16(26)12-10-15/h5-12,18-19H,4,13H2,1-3H3,(H,27,30)(H,28,29). The number of aryl methyl sites for hydroxylation is 1. The molecule has 2 aromatic carbocycles. The first kappa shape index (κ1) is 22.4. The molecule has 1 aromatic heterocycles. The number of rotatable bonds is 7. The van der Waals surface area contributed by atoms with Gasteiger partial charge in [-0.3, -0.25) is 9.59 Å². The van der Waals surface area contributed by atoms with Crippen LogP contribution in [0.15, 0.2) is 48.5 Å². The summed E-state index contributed by atoms with van der Waals surface area (Å²) in [5, 5.41) is 7.26. The second-order valence-electron chi connectivity index (χ2n) is 7.84. The van der Waals surface area contributed by atoms with E-state index < -0.39 is 0 Å². The predicted molar refractivity (Wildman–Crippen MR) is 130 cm³/mol. The molecule has 1 saturated carbocycles. The van der Waals surface area contributed by atoms with Crippen LogP contribution >= 0.6 is 22.9 Å². The Labute approximate surface area is 196 Å². The van der Waals surface area contributed by atoms with Crippen LogP contribution in [0.5, 0.6) is 5.75 Å². The lowest BCUT2D eigenvalue weighted by atomic mass is 10.1. The molecular formula is C25H25ClN2O3S. The summed E-state index contributed by atoms with van der Waals surface area (Å²) in [6.45, 7) is 3.99. The largest absolute Gasteiger partial charge is 0.495 e. The number of carbonyl (C=O) groups excluding carboxylic acids is 2. The quantitative estimate of drug-likeness (QED) is 0.429. The van der Waals surface area contributed by atoms with Crippen LogP contribution in [0, 0.1) is 12.8 Å². The number of amides is 2. The lowest BCUT2D eigenvalue weighted by Gasteiger charge is -2.12. The van der Waals surface area contributed by atoms with Crippen LogP contribution in [0.3, 0.4) is 0 Å². The summed E-state index contributed by atoms with van der Waals surface area (Å²) in [5.41, 5.74) is 3.18. The summed E-state index contributed by atoms with van der Waals surface area (Å²) in [7, 11) is 1.57. The maximum Gasteiger partial charge on any atom is 0.259 e. The first-order chi connectivity index (χ1) is 15.4. The number of hydrogen-bond donors (Lipinski definition) is 2. The van der Waals surface area contributed by atoms with Crippen LogP contribution in [0.1, 0.15) is 45.6 Å². The van der Waals surface area contributed by atoms with E-state index in [0.29, 0.717) is 33.4 Å². The highest BCUT2D eigenvalue weighted by Gasteiger charge is 2.44.